The molecule has 0 spiro atoms. The first-order chi connectivity index (χ1) is 8.24. The number of rotatable bonds is 3. The van der Waals surface area contributed by atoms with Crippen molar-refractivity contribution in [1.82, 2.24) is 10.5 Å². The van der Waals surface area contributed by atoms with Crippen LogP contribution in [0.25, 0.3) is 0 Å². The summed E-state index contributed by atoms with van der Waals surface area (Å²) in [6.45, 7) is 0.292. The Bertz CT molecular complexity index is 479. The molecular formula is C11H12N4O2. The second-order valence-corrected chi connectivity index (χ2v) is 3.41. The molecule has 2 amide bonds. The van der Waals surface area contributed by atoms with Gasteiger partial charge in [-0.1, -0.05) is 5.16 Å². The average Bonchev–Trinajstić information content (AvgIpc) is 2.83. The van der Waals surface area contributed by atoms with E-state index in [9.17, 15) is 4.79 Å². The number of anilines is 2. The molecule has 0 aliphatic carbocycles. The molecule has 0 radical (unpaired) electrons. The Morgan fingerprint density at radius 3 is 2.71 bits per heavy atom. The third-order valence-corrected chi connectivity index (χ3v) is 2.08. The van der Waals surface area contributed by atoms with Crippen molar-refractivity contribution in [2.45, 2.75) is 6.54 Å². The number of nitrogens with zero attached hydrogens (tertiary/aromatic N) is 1. The number of benzene rings is 1. The molecule has 0 aliphatic rings. The first-order valence-corrected chi connectivity index (χ1v) is 5.04. The van der Waals surface area contributed by atoms with E-state index in [4.69, 9.17) is 10.3 Å². The topological polar surface area (TPSA) is 93.2 Å². The van der Waals surface area contributed by atoms with Gasteiger partial charge in [0.05, 0.1) is 12.7 Å². The zero-order valence-electron chi connectivity index (χ0n) is 9.01. The summed E-state index contributed by atoms with van der Waals surface area (Å²) in [5.74, 6) is 0.595. The molecule has 0 saturated carbocycles. The normalized spacial score (nSPS) is 9.88. The highest BCUT2D eigenvalue weighted by molar-refractivity contribution is 5.89. The fraction of sp³-hybridized carbons (Fsp3) is 0.0909. The van der Waals surface area contributed by atoms with Gasteiger partial charge < -0.3 is 20.9 Å². The highest BCUT2D eigenvalue weighted by Gasteiger charge is 2.03. The maximum atomic E-state index is 11.5. The summed E-state index contributed by atoms with van der Waals surface area (Å²) < 4.78 is 4.84. The second-order valence-electron chi connectivity index (χ2n) is 3.41. The molecular weight excluding hydrogens is 220 g/mol. The lowest BCUT2D eigenvalue weighted by Crippen LogP contribution is -2.27. The molecule has 17 heavy (non-hydrogen) atoms. The summed E-state index contributed by atoms with van der Waals surface area (Å²) >= 11 is 0. The molecule has 1 heterocycles. The number of urea groups is 1. The molecule has 0 unspecified atom stereocenters. The van der Waals surface area contributed by atoms with Crippen molar-refractivity contribution in [3.63, 3.8) is 0 Å². The van der Waals surface area contributed by atoms with Crippen LogP contribution in [0, 0.1) is 0 Å². The number of nitrogens with one attached hydrogen (secondary N) is 2. The van der Waals surface area contributed by atoms with Crippen molar-refractivity contribution in [2.24, 2.45) is 0 Å². The van der Waals surface area contributed by atoms with Crippen LogP contribution in [-0.2, 0) is 6.54 Å². The summed E-state index contributed by atoms with van der Waals surface area (Å²) in [4.78, 5) is 11.5. The Morgan fingerprint density at radius 1 is 1.29 bits per heavy atom. The Balaban J connectivity index is 1.83. The largest absolute Gasteiger partial charge is 0.399 e. The lowest BCUT2D eigenvalue weighted by Gasteiger charge is -2.06. The smallest absolute Gasteiger partial charge is 0.319 e. The molecule has 0 bridgehead atoms. The number of amides is 2. The van der Waals surface area contributed by atoms with Gasteiger partial charge in [0.15, 0.2) is 5.76 Å². The molecule has 0 atom stereocenters. The Labute approximate surface area is 97.8 Å². The molecule has 2 aromatic rings. The third kappa shape index (κ3) is 3.23. The minimum Gasteiger partial charge on any atom is -0.399 e. The third-order valence-electron chi connectivity index (χ3n) is 2.08. The van der Waals surface area contributed by atoms with Crippen LogP contribution >= 0.6 is 0 Å². The van der Waals surface area contributed by atoms with Gasteiger partial charge in [-0.15, -0.1) is 0 Å². The van der Waals surface area contributed by atoms with Gasteiger partial charge in [-0.3, -0.25) is 0 Å². The van der Waals surface area contributed by atoms with Gasteiger partial charge in [-0.05, 0) is 24.3 Å². The van der Waals surface area contributed by atoms with Crippen LogP contribution in [0.4, 0.5) is 16.2 Å². The molecule has 1 aromatic heterocycles. The molecule has 88 valence electrons. The quantitative estimate of drug-likeness (QED) is 0.700. The average molecular weight is 232 g/mol. The standard InChI is InChI=1S/C11H12N4O2/c12-8-1-3-9(4-2-8)15-11(16)13-7-10-5-6-14-17-10/h1-6H,7,12H2,(H2,13,15,16). The van der Waals surface area contributed by atoms with Gasteiger partial charge in [-0.2, -0.15) is 0 Å². The number of hydrogen-bond acceptors (Lipinski definition) is 4. The summed E-state index contributed by atoms with van der Waals surface area (Å²) in [6, 6.07) is 8.25. The van der Waals surface area contributed by atoms with E-state index in [1.807, 2.05) is 0 Å². The maximum Gasteiger partial charge on any atom is 0.319 e. The van der Waals surface area contributed by atoms with E-state index in [1.54, 1.807) is 30.3 Å². The first-order valence-electron chi connectivity index (χ1n) is 5.04. The number of carbonyl (C=O) groups is 1. The number of aromatic nitrogens is 1. The fourth-order valence-corrected chi connectivity index (χ4v) is 1.24. The Morgan fingerprint density at radius 2 is 2.06 bits per heavy atom. The minimum atomic E-state index is -0.314. The molecule has 2 rings (SSSR count). The Hall–Kier alpha value is -2.50. The second kappa shape index (κ2) is 5.02. The zero-order valence-corrected chi connectivity index (χ0v) is 9.01. The van der Waals surface area contributed by atoms with Crippen molar-refractivity contribution >= 4 is 17.4 Å². The molecule has 1 aromatic carbocycles. The van der Waals surface area contributed by atoms with Crippen LogP contribution in [-0.4, -0.2) is 11.2 Å². The van der Waals surface area contributed by atoms with Crippen LogP contribution in [0.2, 0.25) is 0 Å². The summed E-state index contributed by atoms with van der Waals surface area (Å²) in [6.07, 6.45) is 1.52. The maximum absolute atomic E-state index is 11.5. The molecule has 0 aliphatic heterocycles. The van der Waals surface area contributed by atoms with E-state index in [-0.39, 0.29) is 6.03 Å². The van der Waals surface area contributed by atoms with Crippen LogP contribution in [0.1, 0.15) is 5.76 Å². The van der Waals surface area contributed by atoms with Gasteiger partial charge in [0.1, 0.15) is 0 Å². The fourth-order valence-electron chi connectivity index (χ4n) is 1.24. The van der Waals surface area contributed by atoms with E-state index in [0.717, 1.165) is 0 Å². The van der Waals surface area contributed by atoms with Gasteiger partial charge >= 0.3 is 6.03 Å². The van der Waals surface area contributed by atoms with Gasteiger partial charge in [0, 0.05) is 17.4 Å². The van der Waals surface area contributed by atoms with Crippen molar-refractivity contribution in [2.75, 3.05) is 11.1 Å². The predicted molar refractivity (Wildman–Crippen MR) is 63.2 cm³/mol. The first kappa shape index (κ1) is 11.0. The van der Waals surface area contributed by atoms with E-state index in [1.165, 1.54) is 6.20 Å². The highest BCUT2D eigenvalue weighted by Crippen LogP contribution is 2.10. The monoisotopic (exact) mass is 232 g/mol. The summed E-state index contributed by atoms with van der Waals surface area (Å²) in [5.41, 5.74) is 6.86. The summed E-state index contributed by atoms with van der Waals surface area (Å²) in [7, 11) is 0. The predicted octanol–water partition coefficient (Wildman–Crippen LogP) is 1.58. The number of nitrogens with two attached hydrogens (primary N) is 1. The van der Waals surface area contributed by atoms with E-state index in [2.05, 4.69) is 15.8 Å². The minimum absolute atomic E-state index is 0.292. The molecule has 0 saturated heterocycles. The van der Waals surface area contributed by atoms with Crippen molar-refractivity contribution in [1.29, 1.82) is 0 Å². The van der Waals surface area contributed by atoms with Crippen LogP contribution in [0.3, 0.4) is 0 Å². The van der Waals surface area contributed by atoms with Gasteiger partial charge in [-0.25, -0.2) is 4.79 Å². The lowest BCUT2D eigenvalue weighted by atomic mass is 10.3. The molecule has 6 heteroatoms. The molecule has 0 fully saturated rings. The van der Waals surface area contributed by atoms with Crippen molar-refractivity contribution < 1.29 is 9.32 Å². The highest BCUT2D eigenvalue weighted by atomic mass is 16.5. The number of hydrogen-bond donors (Lipinski definition) is 3. The van der Waals surface area contributed by atoms with E-state index in [0.29, 0.717) is 23.7 Å². The van der Waals surface area contributed by atoms with E-state index >= 15 is 0 Å². The van der Waals surface area contributed by atoms with Crippen LogP contribution in [0.15, 0.2) is 41.1 Å². The zero-order chi connectivity index (χ0) is 12.1. The van der Waals surface area contributed by atoms with Crippen LogP contribution in [0.5, 0.6) is 0 Å². The number of nitrogen functional groups attached to an aromatic ring is 1. The van der Waals surface area contributed by atoms with Crippen LogP contribution < -0.4 is 16.4 Å². The Kier molecular flexibility index (Phi) is 3.25. The summed E-state index contributed by atoms with van der Waals surface area (Å²) in [5, 5.41) is 8.83. The SMILES string of the molecule is Nc1ccc(NC(=O)NCc2ccno2)cc1. The number of carbonyl (C=O) groups excluding carboxylic acids is 1. The van der Waals surface area contributed by atoms with Gasteiger partial charge in [0.25, 0.3) is 0 Å². The van der Waals surface area contributed by atoms with Crippen molar-refractivity contribution in [3.05, 3.63) is 42.3 Å². The van der Waals surface area contributed by atoms with Crippen molar-refractivity contribution in [3.8, 4) is 0 Å². The molecule has 4 N–H and O–H groups in total. The lowest BCUT2D eigenvalue weighted by molar-refractivity contribution is 0.250. The van der Waals surface area contributed by atoms with E-state index < -0.39 is 0 Å². The van der Waals surface area contributed by atoms with Gasteiger partial charge in [0.2, 0.25) is 0 Å². The molecule has 6 nitrogen and oxygen atoms in total.